The summed E-state index contributed by atoms with van der Waals surface area (Å²) in [5.74, 6) is 0.274. The summed E-state index contributed by atoms with van der Waals surface area (Å²) in [6, 6.07) is 8.61. The van der Waals surface area contributed by atoms with Gasteiger partial charge in [-0.05, 0) is 24.0 Å². The van der Waals surface area contributed by atoms with Crippen molar-refractivity contribution in [3.05, 3.63) is 48.0 Å². The molecule has 1 amide bonds. The summed E-state index contributed by atoms with van der Waals surface area (Å²) < 4.78 is 1.85. The van der Waals surface area contributed by atoms with Gasteiger partial charge in [0.05, 0.1) is 6.54 Å². The first-order valence-corrected chi connectivity index (χ1v) is 9.15. The van der Waals surface area contributed by atoms with Crippen molar-refractivity contribution < 1.29 is 4.79 Å². The maximum Gasteiger partial charge on any atom is 0.222 e. The molecule has 134 valence electrons. The van der Waals surface area contributed by atoms with Gasteiger partial charge in [-0.3, -0.25) is 14.4 Å². The Morgan fingerprint density at radius 3 is 2.40 bits per heavy atom. The van der Waals surface area contributed by atoms with Crippen LogP contribution < -0.4 is 0 Å². The predicted molar refractivity (Wildman–Crippen MR) is 97.2 cm³/mol. The van der Waals surface area contributed by atoms with E-state index in [0.29, 0.717) is 6.42 Å². The van der Waals surface area contributed by atoms with Crippen LogP contribution in [0.3, 0.4) is 0 Å². The van der Waals surface area contributed by atoms with Crippen LogP contribution in [0.2, 0.25) is 0 Å². The fraction of sp³-hybridized carbons (Fsp3) is 0.526. The van der Waals surface area contributed by atoms with Gasteiger partial charge in [-0.1, -0.05) is 31.2 Å². The van der Waals surface area contributed by atoms with E-state index in [1.54, 1.807) is 12.7 Å². The van der Waals surface area contributed by atoms with Crippen LogP contribution in [0.25, 0.3) is 0 Å². The van der Waals surface area contributed by atoms with Crippen LogP contribution in [0.5, 0.6) is 0 Å². The topological polar surface area (TPSA) is 54.3 Å². The predicted octanol–water partition coefficient (Wildman–Crippen LogP) is 1.62. The van der Waals surface area contributed by atoms with Gasteiger partial charge in [-0.15, -0.1) is 0 Å². The van der Waals surface area contributed by atoms with E-state index in [-0.39, 0.29) is 5.91 Å². The summed E-state index contributed by atoms with van der Waals surface area (Å²) in [5, 5.41) is 4.12. The zero-order chi connectivity index (χ0) is 17.5. The van der Waals surface area contributed by atoms with Crippen molar-refractivity contribution in [1.82, 2.24) is 24.6 Å². The Balaban J connectivity index is 1.37. The van der Waals surface area contributed by atoms with Crippen LogP contribution in [0.4, 0.5) is 0 Å². The first kappa shape index (κ1) is 17.6. The van der Waals surface area contributed by atoms with Crippen molar-refractivity contribution in [3.8, 4) is 0 Å². The SMILES string of the molecule is CCc1ccc(CCC(=O)N2CCN(CCn3cncn3)CC2)cc1. The number of aryl methyl sites for hydroxylation is 2. The Morgan fingerprint density at radius 1 is 1.04 bits per heavy atom. The molecule has 0 saturated carbocycles. The van der Waals surface area contributed by atoms with E-state index in [9.17, 15) is 4.79 Å². The third kappa shape index (κ3) is 5.13. The molecule has 1 aromatic carbocycles. The van der Waals surface area contributed by atoms with Crippen LogP contribution >= 0.6 is 0 Å². The average molecular weight is 341 g/mol. The molecular formula is C19H27N5O. The number of aromatic nitrogens is 3. The average Bonchev–Trinajstić information content (AvgIpc) is 3.19. The molecule has 25 heavy (non-hydrogen) atoms. The number of benzene rings is 1. The largest absolute Gasteiger partial charge is 0.340 e. The Hall–Kier alpha value is -2.21. The summed E-state index contributed by atoms with van der Waals surface area (Å²) in [4.78, 5) is 20.8. The van der Waals surface area contributed by atoms with Crippen molar-refractivity contribution >= 4 is 5.91 Å². The van der Waals surface area contributed by atoms with Gasteiger partial charge in [0.25, 0.3) is 0 Å². The third-order valence-corrected chi connectivity index (χ3v) is 4.90. The van der Waals surface area contributed by atoms with Gasteiger partial charge < -0.3 is 4.90 Å². The van der Waals surface area contributed by atoms with Gasteiger partial charge in [0.1, 0.15) is 12.7 Å². The second kappa shape index (κ2) is 8.76. The molecule has 1 aliphatic heterocycles. The van der Waals surface area contributed by atoms with Crippen LogP contribution in [0, 0.1) is 0 Å². The molecule has 0 unspecified atom stereocenters. The number of piperazine rings is 1. The van der Waals surface area contributed by atoms with Crippen molar-refractivity contribution in [3.63, 3.8) is 0 Å². The standard InChI is InChI=1S/C19H27N5O/c1-2-17-3-5-18(6-4-17)7-8-19(25)23-12-9-22(10-13-23)11-14-24-16-20-15-21-24/h3-6,15-16H,2,7-14H2,1H3. The number of nitrogens with zero attached hydrogens (tertiary/aromatic N) is 5. The molecule has 0 N–H and O–H groups in total. The first-order chi connectivity index (χ1) is 12.2. The van der Waals surface area contributed by atoms with Crippen LogP contribution in [-0.4, -0.2) is 63.2 Å². The van der Waals surface area contributed by atoms with Gasteiger partial charge in [-0.2, -0.15) is 5.10 Å². The third-order valence-electron chi connectivity index (χ3n) is 4.90. The molecule has 2 aromatic rings. The Morgan fingerprint density at radius 2 is 1.76 bits per heavy atom. The highest BCUT2D eigenvalue weighted by molar-refractivity contribution is 5.76. The minimum absolute atomic E-state index is 0.274. The normalized spacial score (nSPS) is 15.5. The number of rotatable bonds is 7. The van der Waals surface area contributed by atoms with Gasteiger partial charge in [0.2, 0.25) is 5.91 Å². The monoisotopic (exact) mass is 341 g/mol. The lowest BCUT2D eigenvalue weighted by atomic mass is 10.1. The Bertz CT molecular complexity index is 645. The van der Waals surface area contributed by atoms with E-state index in [1.807, 2.05) is 9.58 Å². The smallest absolute Gasteiger partial charge is 0.222 e. The van der Waals surface area contributed by atoms with Gasteiger partial charge in [-0.25, -0.2) is 4.98 Å². The van der Waals surface area contributed by atoms with Crippen LogP contribution in [0.1, 0.15) is 24.5 Å². The maximum absolute atomic E-state index is 12.4. The molecule has 6 nitrogen and oxygen atoms in total. The lowest BCUT2D eigenvalue weighted by Crippen LogP contribution is -2.49. The Kier molecular flexibility index (Phi) is 6.17. The maximum atomic E-state index is 12.4. The van der Waals surface area contributed by atoms with Gasteiger partial charge in [0.15, 0.2) is 0 Å². The van der Waals surface area contributed by atoms with Crippen LogP contribution in [-0.2, 0) is 24.2 Å². The molecule has 3 rings (SSSR count). The first-order valence-electron chi connectivity index (χ1n) is 9.15. The molecule has 6 heteroatoms. The molecule has 0 bridgehead atoms. The lowest BCUT2D eigenvalue weighted by molar-refractivity contribution is -0.132. The molecule has 1 aliphatic rings. The second-order valence-electron chi connectivity index (χ2n) is 6.55. The van der Waals surface area contributed by atoms with Gasteiger partial charge >= 0.3 is 0 Å². The molecule has 0 aliphatic carbocycles. The molecule has 1 aromatic heterocycles. The fourth-order valence-corrected chi connectivity index (χ4v) is 3.16. The summed E-state index contributed by atoms with van der Waals surface area (Å²) in [7, 11) is 0. The number of carbonyl (C=O) groups is 1. The fourth-order valence-electron chi connectivity index (χ4n) is 3.16. The summed E-state index contributed by atoms with van der Waals surface area (Å²) >= 11 is 0. The van der Waals surface area contributed by atoms with Gasteiger partial charge in [0, 0.05) is 39.1 Å². The molecular weight excluding hydrogens is 314 g/mol. The van der Waals surface area contributed by atoms with E-state index in [0.717, 1.165) is 52.1 Å². The van der Waals surface area contributed by atoms with E-state index in [1.165, 1.54) is 11.1 Å². The molecule has 1 saturated heterocycles. The molecule has 1 fully saturated rings. The number of hydrogen-bond donors (Lipinski definition) is 0. The second-order valence-corrected chi connectivity index (χ2v) is 6.55. The Labute approximate surface area is 149 Å². The highest BCUT2D eigenvalue weighted by Gasteiger charge is 2.20. The summed E-state index contributed by atoms with van der Waals surface area (Å²) in [6.45, 7) is 7.48. The molecule has 0 atom stereocenters. The molecule has 0 radical (unpaired) electrons. The lowest BCUT2D eigenvalue weighted by Gasteiger charge is -2.34. The highest BCUT2D eigenvalue weighted by atomic mass is 16.2. The molecule has 0 spiro atoms. The number of hydrogen-bond acceptors (Lipinski definition) is 4. The summed E-state index contributed by atoms with van der Waals surface area (Å²) in [5.41, 5.74) is 2.59. The van der Waals surface area contributed by atoms with E-state index >= 15 is 0 Å². The van der Waals surface area contributed by atoms with Crippen molar-refractivity contribution in [2.45, 2.75) is 32.7 Å². The van der Waals surface area contributed by atoms with Crippen molar-refractivity contribution in [2.75, 3.05) is 32.7 Å². The van der Waals surface area contributed by atoms with E-state index in [2.05, 4.69) is 46.2 Å². The highest BCUT2D eigenvalue weighted by Crippen LogP contribution is 2.10. The zero-order valence-corrected chi connectivity index (χ0v) is 15.0. The quantitative estimate of drug-likeness (QED) is 0.768. The van der Waals surface area contributed by atoms with Crippen molar-refractivity contribution in [1.29, 1.82) is 0 Å². The van der Waals surface area contributed by atoms with Crippen molar-refractivity contribution in [2.24, 2.45) is 0 Å². The molecule has 2 heterocycles. The minimum atomic E-state index is 0.274. The minimum Gasteiger partial charge on any atom is -0.340 e. The van der Waals surface area contributed by atoms with E-state index in [4.69, 9.17) is 0 Å². The summed E-state index contributed by atoms with van der Waals surface area (Å²) in [6.07, 6.45) is 5.79. The van der Waals surface area contributed by atoms with E-state index < -0.39 is 0 Å². The number of carbonyl (C=O) groups excluding carboxylic acids is 1. The number of amides is 1. The zero-order valence-electron chi connectivity index (χ0n) is 15.0. The van der Waals surface area contributed by atoms with Crippen LogP contribution in [0.15, 0.2) is 36.9 Å².